The van der Waals surface area contributed by atoms with Crippen LogP contribution in [-0.2, 0) is 0 Å². The topological polar surface area (TPSA) is 32.5 Å². The van der Waals surface area contributed by atoms with Gasteiger partial charge in [0.25, 0.3) is 0 Å². The summed E-state index contributed by atoms with van der Waals surface area (Å²) in [5.74, 6) is 0.310. The lowest BCUT2D eigenvalue weighted by Crippen LogP contribution is -2.40. The molecule has 1 unspecified atom stereocenters. The number of hydrogen-bond donors (Lipinski definition) is 1. The molecule has 0 saturated carbocycles. The Bertz CT molecular complexity index is 438. The van der Waals surface area contributed by atoms with E-state index in [4.69, 9.17) is 5.73 Å². The maximum Gasteiger partial charge on any atom is 0.137 e. The quantitative estimate of drug-likeness (QED) is 0.773. The van der Waals surface area contributed by atoms with E-state index in [1.807, 2.05) is 6.07 Å². The largest absolute Gasteiger partial charge is 0.329 e. The first kappa shape index (κ1) is 18.6. The van der Waals surface area contributed by atoms with E-state index in [0.29, 0.717) is 16.9 Å². The lowest BCUT2D eigenvalue weighted by Gasteiger charge is -2.33. The van der Waals surface area contributed by atoms with Crippen molar-refractivity contribution in [3.05, 3.63) is 34.1 Å². The van der Waals surface area contributed by atoms with Gasteiger partial charge in [0.05, 0.1) is 4.47 Å². The van der Waals surface area contributed by atoms with Crippen molar-refractivity contribution in [3.63, 3.8) is 0 Å². The summed E-state index contributed by atoms with van der Waals surface area (Å²) < 4.78 is 14.3. The van der Waals surface area contributed by atoms with Crippen molar-refractivity contribution in [1.82, 2.24) is 9.80 Å². The van der Waals surface area contributed by atoms with Gasteiger partial charge in [-0.05, 0) is 53.6 Å². The highest BCUT2D eigenvalue weighted by Crippen LogP contribution is 2.25. The van der Waals surface area contributed by atoms with Gasteiger partial charge in [-0.1, -0.05) is 19.9 Å². The molecule has 0 aliphatic rings. The molecule has 0 amide bonds. The van der Waals surface area contributed by atoms with Gasteiger partial charge < -0.3 is 10.6 Å². The average Bonchev–Trinajstić information content (AvgIpc) is 2.40. The van der Waals surface area contributed by atoms with E-state index in [1.165, 1.54) is 0 Å². The molecule has 3 nitrogen and oxygen atoms in total. The summed E-state index contributed by atoms with van der Waals surface area (Å²) in [6, 6.07) is 5.35. The molecule has 0 radical (unpaired) electrons. The van der Waals surface area contributed by atoms with Gasteiger partial charge in [0.2, 0.25) is 0 Å². The molecule has 1 aromatic rings. The third-order valence-electron chi connectivity index (χ3n) is 3.43. The minimum atomic E-state index is -0.233. The van der Waals surface area contributed by atoms with Gasteiger partial charge in [0, 0.05) is 32.2 Å². The van der Waals surface area contributed by atoms with Crippen LogP contribution in [0.3, 0.4) is 0 Å². The summed E-state index contributed by atoms with van der Waals surface area (Å²) in [6.07, 6.45) is 0. The first-order valence-electron chi connectivity index (χ1n) is 7.39. The predicted octanol–water partition coefficient (Wildman–Crippen LogP) is 3.11. The fraction of sp³-hybridized carbons (Fsp3) is 0.625. The van der Waals surface area contributed by atoms with Gasteiger partial charge in [-0.2, -0.15) is 0 Å². The maximum absolute atomic E-state index is 13.8. The molecule has 5 heteroatoms. The van der Waals surface area contributed by atoms with E-state index in [2.05, 4.69) is 53.7 Å². The molecule has 2 N–H and O–H groups in total. The van der Waals surface area contributed by atoms with E-state index >= 15 is 0 Å². The van der Waals surface area contributed by atoms with E-state index in [1.54, 1.807) is 12.1 Å². The van der Waals surface area contributed by atoms with E-state index in [0.717, 1.165) is 25.2 Å². The van der Waals surface area contributed by atoms with Crippen LogP contribution >= 0.6 is 15.9 Å². The van der Waals surface area contributed by atoms with Gasteiger partial charge in [-0.3, -0.25) is 4.90 Å². The molecule has 0 spiro atoms. The lowest BCUT2D eigenvalue weighted by atomic mass is 10.0. The van der Waals surface area contributed by atoms with Crippen LogP contribution in [0.2, 0.25) is 0 Å². The number of halogens is 2. The zero-order valence-corrected chi connectivity index (χ0v) is 15.0. The molecule has 0 aliphatic carbocycles. The van der Waals surface area contributed by atoms with Crippen LogP contribution in [-0.4, -0.2) is 50.1 Å². The normalized spacial score (nSPS) is 13.4. The van der Waals surface area contributed by atoms with E-state index in [9.17, 15) is 4.39 Å². The van der Waals surface area contributed by atoms with Gasteiger partial charge >= 0.3 is 0 Å². The smallest absolute Gasteiger partial charge is 0.137 e. The Balaban J connectivity index is 2.95. The third-order valence-corrected chi connectivity index (χ3v) is 4.07. The monoisotopic (exact) mass is 359 g/mol. The van der Waals surface area contributed by atoms with Gasteiger partial charge in [0.1, 0.15) is 5.82 Å². The SMILES string of the molecule is CC(C)CN(CCN(C)C)C(CN)c1ccc(Br)c(F)c1. The summed E-state index contributed by atoms with van der Waals surface area (Å²) in [7, 11) is 4.12. The highest BCUT2D eigenvalue weighted by molar-refractivity contribution is 9.10. The Labute approximate surface area is 136 Å². The molecule has 1 atom stereocenters. The Kier molecular flexibility index (Phi) is 7.81. The highest BCUT2D eigenvalue weighted by atomic mass is 79.9. The van der Waals surface area contributed by atoms with Crippen molar-refractivity contribution in [3.8, 4) is 0 Å². The van der Waals surface area contributed by atoms with Crippen LogP contribution in [0.4, 0.5) is 4.39 Å². The molecular formula is C16H27BrFN3. The maximum atomic E-state index is 13.8. The number of nitrogens with two attached hydrogens (primary N) is 1. The minimum Gasteiger partial charge on any atom is -0.329 e. The molecular weight excluding hydrogens is 333 g/mol. The van der Waals surface area contributed by atoms with E-state index in [-0.39, 0.29) is 11.9 Å². The molecule has 21 heavy (non-hydrogen) atoms. The van der Waals surface area contributed by atoms with Crippen molar-refractivity contribution >= 4 is 15.9 Å². The second-order valence-corrected chi connectivity index (χ2v) is 6.97. The second-order valence-electron chi connectivity index (χ2n) is 6.12. The minimum absolute atomic E-state index is 0.0509. The Morgan fingerprint density at radius 2 is 1.90 bits per heavy atom. The molecule has 0 bridgehead atoms. The number of hydrogen-bond acceptors (Lipinski definition) is 3. The predicted molar refractivity (Wildman–Crippen MR) is 90.9 cm³/mol. The Hall–Kier alpha value is -0.490. The summed E-state index contributed by atoms with van der Waals surface area (Å²) >= 11 is 3.20. The fourth-order valence-electron chi connectivity index (χ4n) is 2.39. The number of rotatable bonds is 8. The average molecular weight is 360 g/mol. The van der Waals surface area contributed by atoms with Crippen molar-refractivity contribution < 1.29 is 4.39 Å². The number of nitrogens with zero attached hydrogens (tertiary/aromatic N) is 2. The van der Waals surface area contributed by atoms with Crippen LogP contribution in [0.1, 0.15) is 25.5 Å². The van der Waals surface area contributed by atoms with Crippen LogP contribution in [0.25, 0.3) is 0 Å². The summed E-state index contributed by atoms with van der Waals surface area (Å²) in [4.78, 5) is 4.51. The molecule has 0 saturated heterocycles. The first-order valence-corrected chi connectivity index (χ1v) is 8.18. The van der Waals surface area contributed by atoms with Crippen molar-refractivity contribution in [2.75, 3.05) is 40.3 Å². The molecule has 0 fully saturated rings. The molecule has 0 heterocycles. The summed E-state index contributed by atoms with van der Waals surface area (Å²) in [5.41, 5.74) is 6.93. The Morgan fingerprint density at radius 3 is 2.38 bits per heavy atom. The number of likely N-dealkylation sites (N-methyl/N-ethyl adjacent to an activating group) is 1. The second kappa shape index (κ2) is 8.83. The van der Waals surface area contributed by atoms with Crippen LogP contribution < -0.4 is 5.73 Å². The standard InChI is InChI=1S/C16H27BrFN3/c1-12(2)11-21(8-7-20(3)4)16(10-19)13-5-6-14(17)15(18)9-13/h5-6,9,12,16H,7-8,10-11,19H2,1-4H3. The third kappa shape index (κ3) is 6.02. The van der Waals surface area contributed by atoms with Gasteiger partial charge in [0.15, 0.2) is 0 Å². The van der Waals surface area contributed by atoms with Crippen LogP contribution in [0.5, 0.6) is 0 Å². The zero-order valence-electron chi connectivity index (χ0n) is 13.4. The van der Waals surface area contributed by atoms with Crippen LogP contribution in [0.15, 0.2) is 22.7 Å². The van der Waals surface area contributed by atoms with Gasteiger partial charge in [-0.25, -0.2) is 4.39 Å². The highest BCUT2D eigenvalue weighted by Gasteiger charge is 2.21. The first-order chi connectivity index (χ1) is 9.85. The molecule has 1 rings (SSSR count). The molecule has 120 valence electrons. The fourth-order valence-corrected chi connectivity index (χ4v) is 2.63. The Morgan fingerprint density at radius 1 is 1.24 bits per heavy atom. The summed E-state index contributed by atoms with van der Waals surface area (Å²) in [6.45, 7) is 7.71. The van der Waals surface area contributed by atoms with Gasteiger partial charge in [-0.15, -0.1) is 0 Å². The number of benzene rings is 1. The van der Waals surface area contributed by atoms with E-state index < -0.39 is 0 Å². The molecule has 0 aromatic heterocycles. The lowest BCUT2D eigenvalue weighted by molar-refractivity contribution is 0.163. The van der Waals surface area contributed by atoms with Crippen molar-refractivity contribution in [2.24, 2.45) is 11.7 Å². The van der Waals surface area contributed by atoms with Crippen molar-refractivity contribution in [1.29, 1.82) is 0 Å². The molecule has 1 aromatic carbocycles. The zero-order chi connectivity index (χ0) is 16.0. The molecule has 0 aliphatic heterocycles. The van der Waals surface area contributed by atoms with Crippen LogP contribution in [0, 0.1) is 11.7 Å². The van der Waals surface area contributed by atoms with Crippen molar-refractivity contribution in [2.45, 2.75) is 19.9 Å². The summed E-state index contributed by atoms with van der Waals surface area (Å²) in [5, 5.41) is 0.